The van der Waals surface area contributed by atoms with Crippen LogP contribution in [0.2, 0.25) is 0 Å². The van der Waals surface area contributed by atoms with Crippen LogP contribution < -0.4 is 10.2 Å². The van der Waals surface area contributed by atoms with Gasteiger partial charge in [-0.2, -0.15) is 10.2 Å². The largest absolute Gasteiger partial charge is 0.378 e. The Morgan fingerprint density at radius 1 is 1.20 bits per heavy atom. The monoisotopic (exact) mass is 484 g/mol. The molecule has 4 aromatic heterocycles. The zero-order valence-electron chi connectivity index (χ0n) is 19.3. The summed E-state index contributed by atoms with van der Waals surface area (Å²) in [5, 5.41) is 20.4. The first kappa shape index (κ1) is 22.0. The maximum atomic E-state index is 13.9. The summed E-state index contributed by atoms with van der Waals surface area (Å²) in [5.41, 5.74) is 1.71. The molecule has 2 saturated heterocycles. The van der Waals surface area contributed by atoms with Crippen molar-refractivity contribution in [1.29, 1.82) is 0 Å². The second-order valence-corrected chi connectivity index (χ2v) is 8.97. The summed E-state index contributed by atoms with van der Waals surface area (Å²) < 4.78 is 37.9. The van der Waals surface area contributed by atoms with Crippen molar-refractivity contribution in [2.75, 3.05) is 37.7 Å². The molecule has 1 unspecified atom stereocenters. The Kier molecular flexibility index (Phi) is 5.65. The summed E-state index contributed by atoms with van der Waals surface area (Å²) in [5.74, 6) is 0.826. The van der Waals surface area contributed by atoms with Crippen molar-refractivity contribution in [2.24, 2.45) is 0 Å². The van der Waals surface area contributed by atoms with Crippen LogP contribution in [-0.4, -0.2) is 78.3 Å². The second-order valence-electron chi connectivity index (χ2n) is 8.97. The minimum absolute atomic E-state index is 0.0583. The van der Waals surface area contributed by atoms with E-state index >= 15 is 0 Å². The average Bonchev–Trinajstić information content (AvgIpc) is 3.61. The number of fused-ring (bicyclic) bond motifs is 1. The molecule has 0 aromatic carbocycles. The molecule has 13 heteroatoms. The third-order valence-electron chi connectivity index (χ3n) is 6.62. The molecule has 11 nitrogen and oxygen atoms in total. The molecule has 6 rings (SSSR count). The van der Waals surface area contributed by atoms with Crippen molar-refractivity contribution in [1.82, 2.24) is 44.7 Å². The summed E-state index contributed by atoms with van der Waals surface area (Å²) in [6.07, 6.45) is 5.70. The fraction of sp³-hybridized carbons (Fsp3) is 0.500. The summed E-state index contributed by atoms with van der Waals surface area (Å²) >= 11 is 0. The van der Waals surface area contributed by atoms with Gasteiger partial charge in [-0.25, -0.2) is 23.0 Å². The number of ether oxygens (including phenoxy) is 1. The lowest BCUT2D eigenvalue weighted by atomic mass is 10.0. The van der Waals surface area contributed by atoms with Gasteiger partial charge in [0.05, 0.1) is 43.4 Å². The van der Waals surface area contributed by atoms with Gasteiger partial charge < -0.3 is 15.0 Å². The number of piperidine rings is 1. The van der Waals surface area contributed by atoms with E-state index in [0.717, 1.165) is 38.3 Å². The second kappa shape index (κ2) is 8.96. The van der Waals surface area contributed by atoms with E-state index in [1.54, 1.807) is 27.8 Å². The number of nitrogens with one attached hydrogen (secondary N) is 1. The van der Waals surface area contributed by atoms with Gasteiger partial charge in [-0.05, 0) is 32.4 Å². The lowest BCUT2D eigenvalue weighted by molar-refractivity contribution is 0.122. The minimum atomic E-state index is -2.73. The first-order valence-electron chi connectivity index (χ1n) is 11.8. The Bertz CT molecular complexity index is 1320. The van der Waals surface area contributed by atoms with E-state index in [4.69, 9.17) is 9.72 Å². The van der Waals surface area contributed by atoms with Crippen LogP contribution in [0.15, 0.2) is 30.9 Å². The van der Waals surface area contributed by atoms with Crippen molar-refractivity contribution >= 4 is 11.5 Å². The Labute approximate surface area is 199 Å². The van der Waals surface area contributed by atoms with Gasteiger partial charge in [0.25, 0.3) is 6.43 Å². The molecule has 0 radical (unpaired) electrons. The third kappa shape index (κ3) is 4.14. The zero-order valence-corrected chi connectivity index (χ0v) is 19.3. The predicted octanol–water partition coefficient (Wildman–Crippen LogP) is 2.26. The van der Waals surface area contributed by atoms with E-state index in [2.05, 4.69) is 37.6 Å². The Balaban J connectivity index is 1.34. The first-order valence-corrected chi connectivity index (χ1v) is 11.8. The number of rotatable bonds is 5. The number of nitrogens with zero attached hydrogens (tertiary/aromatic N) is 9. The van der Waals surface area contributed by atoms with Crippen molar-refractivity contribution in [2.45, 2.75) is 38.3 Å². The van der Waals surface area contributed by atoms with Gasteiger partial charge in [0.1, 0.15) is 17.2 Å². The van der Waals surface area contributed by atoms with Gasteiger partial charge in [0.15, 0.2) is 11.3 Å². The van der Waals surface area contributed by atoms with Gasteiger partial charge in [-0.1, -0.05) is 5.21 Å². The van der Waals surface area contributed by atoms with Crippen LogP contribution in [0, 0.1) is 0 Å². The summed E-state index contributed by atoms with van der Waals surface area (Å²) in [6.45, 7) is 5.75. The number of alkyl halides is 2. The van der Waals surface area contributed by atoms with Gasteiger partial charge in [0, 0.05) is 25.3 Å². The average molecular weight is 485 g/mol. The standard InChI is InChI=1S/C22H26F2N10O/c1-14-10-15(2-4-25-14)33-13-18(20(29-33)21(23)24)34-12-17(28-30-34)16-11-26-32-5-3-19(27-22(16)32)31-6-8-35-9-7-31/h3,5,11-15,21,25H,2,4,6-10H2,1H3/t14-,15?/m0/s1. The van der Waals surface area contributed by atoms with Gasteiger partial charge in [-0.3, -0.25) is 4.68 Å². The fourth-order valence-corrected chi connectivity index (χ4v) is 4.77. The molecule has 0 aliphatic carbocycles. The number of hydrogen-bond acceptors (Lipinski definition) is 8. The molecule has 2 fully saturated rings. The molecule has 6 heterocycles. The predicted molar refractivity (Wildman–Crippen MR) is 123 cm³/mol. The minimum Gasteiger partial charge on any atom is -0.378 e. The van der Waals surface area contributed by atoms with Crippen molar-refractivity contribution in [3.63, 3.8) is 0 Å². The molecule has 0 bridgehead atoms. The van der Waals surface area contributed by atoms with Crippen LogP contribution in [-0.2, 0) is 4.74 Å². The van der Waals surface area contributed by atoms with Crippen LogP contribution in [0.4, 0.5) is 14.6 Å². The number of morpholine rings is 1. The fourth-order valence-electron chi connectivity index (χ4n) is 4.77. The van der Waals surface area contributed by atoms with E-state index < -0.39 is 6.43 Å². The molecule has 2 atom stereocenters. The van der Waals surface area contributed by atoms with Gasteiger partial charge in [0.2, 0.25) is 0 Å². The maximum absolute atomic E-state index is 13.9. The number of halogens is 2. The van der Waals surface area contributed by atoms with Crippen LogP contribution in [0.5, 0.6) is 0 Å². The Morgan fingerprint density at radius 3 is 2.86 bits per heavy atom. The third-order valence-corrected chi connectivity index (χ3v) is 6.62. The first-order chi connectivity index (χ1) is 17.1. The molecule has 4 aromatic rings. The van der Waals surface area contributed by atoms with E-state index in [-0.39, 0.29) is 17.4 Å². The highest BCUT2D eigenvalue weighted by atomic mass is 19.3. The van der Waals surface area contributed by atoms with Gasteiger partial charge in [-0.15, -0.1) is 5.10 Å². The van der Waals surface area contributed by atoms with Crippen molar-refractivity contribution < 1.29 is 13.5 Å². The SMILES string of the molecule is C[C@H]1CC(n2cc(-n3cc(-c4cnn5ccc(N6CCOCC6)nc45)nn3)c(C(F)F)n2)CCN1. The molecule has 2 aliphatic heterocycles. The molecule has 35 heavy (non-hydrogen) atoms. The molecule has 1 N–H and O–H groups in total. The van der Waals surface area contributed by atoms with E-state index in [1.807, 2.05) is 12.3 Å². The smallest absolute Gasteiger partial charge is 0.284 e. The Hall–Kier alpha value is -3.45. The van der Waals surface area contributed by atoms with E-state index in [0.29, 0.717) is 36.2 Å². The quantitative estimate of drug-likeness (QED) is 0.460. The highest BCUT2D eigenvalue weighted by Crippen LogP contribution is 2.30. The molecule has 0 saturated carbocycles. The Morgan fingerprint density at radius 2 is 2.06 bits per heavy atom. The molecular formula is C22H26F2N10O. The lowest BCUT2D eigenvalue weighted by Gasteiger charge is -2.28. The molecule has 184 valence electrons. The van der Waals surface area contributed by atoms with Crippen molar-refractivity contribution in [3.05, 3.63) is 36.5 Å². The summed E-state index contributed by atoms with van der Waals surface area (Å²) in [7, 11) is 0. The van der Waals surface area contributed by atoms with Crippen LogP contribution in [0.3, 0.4) is 0 Å². The molecular weight excluding hydrogens is 458 g/mol. The summed E-state index contributed by atoms with van der Waals surface area (Å²) in [6, 6.07) is 2.28. The van der Waals surface area contributed by atoms with Crippen LogP contribution in [0.25, 0.3) is 22.6 Å². The molecule has 2 aliphatic rings. The van der Waals surface area contributed by atoms with Crippen LogP contribution >= 0.6 is 0 Å². The highest BCUT2D eigenvalue weighted by molar-refractivity contribution is 5.75. The molecule has 0 spiro atoms. The van der Waals surface area contributed by atoms with Crippen LogP contribution in [0.1, 0.15) is 37.9 Å². The van der Waals surface area contributed by atoms with Gasteiger partial charge >= 0.3 is 0 Å². The maximum Gasteiger partial charge on any atom is 0.284 e. The molecule has 0 amide bonds. The summed E-state index contributed by atoms with van der Waals surface area (Å²) in [4.78, 5) is 6.94. The highest BCUT2D eigenvalue weighted by Gasteiger charge is 2.27. The number of aromatic nitrogens is 8. The zero-order chi connectivity index (χ0) is 23.9. The normalized spacial score (nSPS) is 21.3. The number of anilines is 1. The van der Waals surface area contributed by atoms with E-state index in [1.165, 1.54) is 4.68 Å². The van der Waals surface area contributed by atoms with E-state index in [9.17, 15) is 8.78 Å². The topological polar surface area (TPSA) is 103 Å². The lowest BCUT2D eigenvalue weighted by Crippen LogP contribution is -2.36. The van der Waals surface area contributed by atoms with Crippen molar-refractivity contribution in [3.8, 4) is 16.9 Å². The number of hydrogen-bond donors (Lipinski definition) is 1.